The van der Waals surface area contributed by atoms with Gasteiger partial charge in [0.25, 0.3) is 0 Å². The van der Waals surface area contributed by atoms with Gasteiger partial charge in [0.15, 0.2) is 0 Å². The fraction of sp³-hybridized carbons (Fsp3) is 0.571. The van der Waals surface area contributed by atoms with E-state index >= 15 is 0 Å². The third-order valence-corrected chi connectivity index (χ3v) is 3.19. The molecular formula is C14H21FN2. The van der Waals surface area contributed by atoms with Crippen molar-refractivity contribution in [2.75, 3.05) is 18.0 Å². The molecule has 1 fully saturated rings. The number of anilines is 1. The van der Waals surface area contributed by atoms with E-state index in [2.05, 4.69) is 24.1 Å². The molecule has 1 heterocycles. The number of hydrogen-bond donors (Lipinski definition) is 1. The summed E-state index contributed by atoms with van der Waals surface area (Å²) in [7, 11) is 0. The van der Waals surface area contributed by atoms with Gasteiger partial charge >= 0.3 is 0 Å². The highest BCUT2D eigenvalue weighted by atomic mass is 19.1. The van der Waals surface area contributed by atoms with Crippen LogP contribution in [-0.2, 0) is 6.54 Å². The Balaban J connectivity index is 2.17. The summed E-state index contributed by atoms with van der Waals surface area (Å²) in [6.45, 7) is 7.14. The molecule has 0 saturated carbocycles. The van der Waals surface area contributed by atoms with Gasteiger partial charge < -0.3 is 10.2 Å². The molecule has 17 heavy (non-hydrogen) atoms. The lowest BCUT2D eigenvalue weighted by Crippen LogP contribution is -2.25. The maximum atomic E-state index is 13.3. The summed E-state index contributed by atoms with van der Waals surface area (Å²) in [5.41, 5.74) is 2.26. The van der Waals surface area contributed by atoms with Gasteiger partial charge in [-0.25, -0.2) is 4.39 Å². The van der Waals surface area contributed by atoms with Crippen LogP contribution in [0.1, 0.15) is 32.3 Å². The fourth-order valence-corrected chi connectivity index (χ4v) is 2.28. The monoisotopic (exact) mass is 236 g/mol. The van der Waals surface area contributed by atoms with Crippen LogP contribution in [0.5, 0.6) is 0 Å². The van der Waals surface area contributed by atoms with Gasteiger partial charge in [-0.2, -0.15) is 0 Å². The summed E-state index contributed by atoms with van der Waals surface area (Å²) in [6, 6.07) is 5.55. The lowest BCUT2D eigenvalue weighted by atomic mass is 10.1. The molecule has 2 rings (SSSR count). The lowest BCUT2D eigenvalue weighted by molar-refractivity contribution is 0.581. The number of rotatable bonds is 4. The quantitative estimate of drug-likeness (QED) is 0.864. The van der Waals surface area contributed by atoms with E-state index in [1.54, 1.807) is 12.1 Å². The molecular weight excluding hydrogens is 215 g/mol. The first kappa shape index (κ1) is 12.4. The number of benzene rings is 1. The Morgan fingerprint density at radius 3 is 2.65 bits per heavy atom. The molecule has 0 radical (unpaired) electrons. The van der Waals surface area contributed by atoms with Gasteiger partial charge in [0.1, 0.15) is 5.82 Å². The number of nitrogens with zero attached hydrogens (tertiary/aromatic N) is 1. The van der Waals surface area contributed by atoms with Crippen LogP contribution in [0.15, 0.2) is 18.2 Å². The third kappa shape index (κ3) is 3.19. The van der Waals surface area contributed by atoms with Crippen LogP contribution in [0.3, 0.4) is 0 Å². The van der Waals surface area contributed by atoms with Crippen molar-refractivity contribution in [2.24, 2.45) is 0 Å². The summed E-state index contributed by atoms with van der Waals surface area (Å²) in [5.74, 6) is -0.145. The molecule has 1 aliphatic heterocycles. The van der Waals surface area contributed by atoms with E-state index in [0.717, 1.165) is 25.2 Å². The Morgan fingerprint density at radius 2 is 2.00 bits per heavy atom. The molecule has 1 N–H and O–H groups in total. The summed E-state index contributed by atoms with van der Waals surface area (Å²) in [6.07, 6.45) is 2.49. The van der Waals surface area contributed by atoms with Crippen molar-refractivity contribution in [1.82, 2.24) is 5.32 Å². The second kappa shape index (κ2) is 5.50. The Bertz CT molecular complexity index is 370. The van der Waals surface area contributed by atoms with Gasteiger partial charge in [0.05, 0.1) is 0 Å². The largest absolute Gasteiger partial charge is 0.371 e. The highest BCUT2D eigenvalue weighted by Crippen LogP contribution is 2.25. The van der Waals surface area contributed by atoms with Crippen molar-refractivity contribution in [3.05, 3.63) is 29.6 Å². The van der Waals surface area contributed by atoms with Crippen molar-refractivity contribution in [3.63, 3.8) is 0 Å². The molecule has 3 heteroatoms. The third-order valence-electron chi connectivity index (χ3n) is 3.19. The van der Waals surface area contributed by atoms with E-state index in [1.165, 1.54) is 18.5 Å². The molecule has 1 aromatic rings. The van der Waals surface area contributed by atoms with Crippen LogP contribution in [0.4, 0.5) is 10.1 Å². The average Bonchev–Trinajstić information content (AvgIpc) is 2.80. The number of nitrogens with one attached hydrogen (secondary N) is 1. The molecule has 94 valence electrons. The standard InChI is InChI=1S/C14H21FN2/c1-11(2)16-10-12-9-13(15)5-6-14(12)17-7-3-4-8-17/h5-6,9,11,16H,3-4,7-8,10H2,1-2H3. The maximum Gasteiger partial charge on any atom is 0.123 e. The predicted molar refractivity (Wildman–Crippen MR) is 69.8 cm³/mol. The first-order valence-electron chi connectivity index (χ1n) is 6.43. The smallest absolute Gasteiger partial charge is 0.123 e. The summed E-state index contributed by atoms with van der Waals surface area (Å²) in [5, 5.41) is 3.36. The van der Waals surface area contributed by atoms with Crippen molar-refractivity contribution in [1.29, 1.82) is 0 Å². The molecule has 0 atom stereocenters. The molecule has 0 bridgehead atoms. The normalized spacial score (nSPS) is 15.9. The van der Waals surface area contributed by atoms with Crippen LogP contribution in [0.25, 0.3) is 0 Å². The summed E-state index contributed by atoms with van der Waals surface area (Å²) in [4.78, 5) is 2.36. The molecule has 0 aliphatic carbocycles. The molecule has 0 unspecified atom stereocenters. The van der Waals surface area contributed by atoms with Crippen molar-refractivity contribution in [2.45, 2.75) is 39.3 Å². The highest BCUT2D eigenvalue weighted by Gasteiger charge is 2.16. The molecule has 2 nitrogen and oxygen atoms in total. The van der Waals surface area contributed by atoms with E-state index < -0.39 is 0 Å². The van der Waals surface area contributed by atoms with E-state index in [0.29, 0.717) is 6.04 Å². The summed E-state index contributed by atoms with van der Waals surface area (Å²) >= 11 is 0. The van der Waals surface area contributed by atoms with E-state index in [1.807, 2.05) is 6.07 Å². The topological polar surface area (TPSA) is 15.3 Å². The second-order valence-corrected chi connectivity index (χ2v) is 5.00. The second-order valence-electron chi connectivity index (χ2n) is 5.00. The predicted octanol–water partition coefficient (Wildman–Crippen LogP) is 2.92. The maximum absolute atomic E-state index is 13.3. The summed E-state index contributed by atoms with van der Waals surface area (Å²) < 4.78 is 13.3. The van der Waals surface area contributed by atoms with Gasteiger partial charge in [-0.15, -0.1) is 0 Å². The van der Waals surface area contributed by atoms with Crippen LogP contribution < -0.4 is 10.2 Å². The molecule has 1 aromatic carbocycles. The van der Waals surface area contributed by atoms with Crippen LogP contribution in [-0.4, -0.2) is 19.1 Å². The van der Waals surface area contributed by atoms with Gasteiger partial charge in [0, 0.05) is 31.4 Å². The number of halogens is 1. The minimum absolute atomic E-state index is 0.145. The zero-order valence-electron chi connectivity index (χ0n) is 10.7. The first-order valence-corrected chi connectivity index (χ1v) is 6.43. The van der Waals surface area contributed by atoms with E-state index in [-0.39, 0.29) is 5.82 Å². The SMILES string of the molecule is CC(C)NCc1cc(F)ccc1N1CCCC1. The van der Waals surface area contributed by atoms with E-state index in [9.17, 15) is 4.39 Å². The Morgan fingerprint density at radius 1 is 1.29 bits per heavy atom. The van der Waals surface area contributed by atoms with Crippen molar-refractivity contribution < 1.29 is 4.39 Å². The minimum atomic E-state index is -0.145. The van der Waals surface area contributed by atoms with Gasteiger partial charge in [-0.1, -0.05) is 13.8 Å². The van der Waals surface area contributed by atoms with Crippen molar-refractivity contribution >= 4 is 5.69 Å². The molecule has 0 spiro atoms. The average molecular weight is 236 g/mol. The van der Waals surface area contributed by atoms with Crippen LogP contribution in [0, 0.1) is 5.82 Å². The van der Waals surface area contributed by atoms with Gasteiger partial charge in [-0.3, -0.25) is 0 Å². The molecule has 1 aliphatic rings. The molecule has 0 amide bonds. The Kier molecular flexibility index (Phi) is 4.00. The highest BCUT2D eigenvalue weighted by molar-refractivity contribution is 5.54. The van der Waals surface area contributed by atoms with E-state index in [4.69, 9.17) is 0 Å². The lowest BCUT2D eigenvalue weighted by Gasteiger charge is -2.22. The molecule has 1 saturated heterocycles. The number of hydrogen-bond acceptors (Lipinski definition) is 2. The first-order chi connectivity index (χ1) is 8.16. The van der Waals surface area contributed by atoms with Crippen LogP contribution in [0.2, 0.25) is 0 Å². The minimum Gasteiger partial charge on any atom is -0.371 e. The van der Waals surface area contributed by atoms with Gasteiger partial charge in [-0.05, 0) is 36.6 Å². The van der Waals surface area contributed by atoms with Gasteiger partial charge in [0.2, 0.25) is 0 Å². The van der Waals surface area contributed by atoms with Crippen LogP contribution >= 0.6 is 0 Å². The fourth-order valence-electron chi connectivity index (χ4n) is 2.28. The Labute approximate surface area is 103 Å². The molecule has 0 aromatic heterocycles. The van der Waals surface area contributed by atoms with Crippen molar-refractivity contribution in [3.8, 4) is 0 Å². The zero-order valence-corrected chi connectivity index (χ0v) is 10.7. The Hall–Kier alpha value is -1.09. The zero-order chi connectivity index (χ0) is 12.3.